The van der Waals surface area contributed by atoms with E-state index in [4.69, 9.17) is 0 Å². The molecule has 19 heavy (non-hydrogen) atoms. The highest BCUT2D eigenvalue weighted by molar-refractivity contribution is 7.99. The molecular weight excluding hydrogens is 254 g/mol. The molecule has 100 valence electrons. The molecule has 0 atom stereocenters. The standard InChI is InChI=1S/C15H19N3S/c1-5-13-17-14(16-4)11(3)15(18-13)19-12-9-7-6-8-10(12)2/h6-9H,5H2,1-4H3,(H,16,17,18). The van der Waals surface area contributed by atoms with Crippen LogP contribution in [0, 0.1) is 13.8 Å². The second kappa shape index (κ2) is 6.06. The average Bonchev–Trinajstić information content (AvgIpc) is 2.43. The predicted octanol–water partition coefficient (Wildman–Crippen LogP) is 3.85. The van der Waals surface area contributed by atoms with Crippen molar-refractivity contribution in [1.29, 1.82) is 0 Å². The van der Waals surface area contributed by atoms with Gasteiger partial charge in [0.25, 0.3) is 0 Å². The average molecular weight is 273 g/mol. The van der Waals surface area contributed by atoms with Gasteiger partial charge >= 0.3 is 0 Å². The molecule has 1 aromatic heterocycles. The van der Waals surface area contributed by atoms with Crippen molar-refractivity contribution in [2.45, 2.75) is 37.1 Å². The number of aryl methyl sites for hydroxylation is 2. The summed E-state index contributed by atoms with van der Waals surface area (Å²) < 4.78 is 0. The first-order valence-electron chi connectivity index (χ1n) is 6.44. The van der Waals surface area contributed by atoms with Gasteiger partial charge in [0, 0.05) is 23.9 Å². The Labute approximate surface area is 118 Å². The maximum absolute atomic E-state index is 4.65. The van der Waals surface area contributed by atoms with Crippen molar-refractivity contribution < 1.29 is 0 Å². The molecular formula is C15H19N3S. The van der Waals surface area contributed by atoms with E-state index in [1.807, 2.05) is 7.05 Å². The largest absolute Gasteiger partial charge is 0.373 e. The third-order valence-corrected chi connectivity index (χ3v) is 4.27. The first kappa shape index (κ1) is 13.9. The van der Waals surface area contributed by atoms with Gasteiger partial charge in [-0.2, -0.15) is 0 Å². The highest BCUT2D eigenvalue weighted by atomic mass is 32.2. The van der Waals surface area contributed by atoms with Gasteiger partial charge in [-0.1, -0.05) is 36.9 Å². The number of anilines is 1. The minimum atomic E-state index is 0.844. The second-order valence-corrected chi connectivity index (χ2v) is 5.42. The minimum Gasteiger partial charge on any atom is -0.373 e. The molecule has 1 aromatic carbocycles. The van der Waals surface area contributed by atoms with Crippen LogP contribution >= 0.6 is 11.8 Å². The van der Waals surface area contributed by atoms with Gasteiger partial charge in [-0.15, -0.1) is 0 Å². The van der Waals surface area contributed by atoms with Crippen molar-refractivity contribution in [2.24, 2.45) is 0 Å². The minimum absolute atomic E-state index is 0.844. The van der Waals surface area contributed by atoms with E-state index in [2.05, 4.69) is 60.3 Å². The first-order chi connectivity index (χ1) is 9.15. The third-order valence-electron chi connectivity index (χ3n) is 3.00. The molecule has 0 saturated carbocycles. The van der Waals surface area contributed by atoms with Crippen molar-refractivity contribution in [2.75, 3.05) is 12.4 Å². The summed E-state index contributed by atoms with van der Waals surface area (Å²) >= 11 is 1.71. The number of nitrogens with one attached hydrogen (secondary N) is 1. The van der Waals surface area contributed by atoms with E-state index in [1.54, 1.807) is 11.8 Å². The molecule has 0 spiro atoms. The van der Waals surface area contributed by atoms with E-state index in [-0.39, 0.29) is 0 Å². The highest BCUT2D eigenvalue weighted by Crippen LogP contribution is 2.33. The van der Waals surface area contributed by atoms with Gasteiger partial charge in [0.1, 0.15) is 16.7 Å². The molecule has 0 unspecified atom stereocenters. The van der Waals surface area contributed by atoms with E-state index in [1.165, 1.54) is 10.5 Å². The van der Waals surface area contributed by atoms with Crippen molar-refractivity contribution in [3.05, 3.63) is 41.2 Å². The van der Waals surface area contributed by atoms with Crippen LogP contribution in [0.2, 0.25) is 0 Å². The quantitative estimate of drug-likeness (QED) is 0.859. The summed E-state index contributed by atoms with van der Waals surface area (Å²) in [5, 5.41) is 4.18. The first-order valence-corrected chi connectivity index (χ1v) is 7.26. The Balaban J connectivity index is 2.42. The molecule has 0 saturated heterocycles. The molecule has 0 radical (unpaired) electrons. The summed E-state index contributed by atoms with van der Waals surface area (Å²) in [6, 6.07) is 8.37. The monoisotopic (exact) mass is 273 g/mol. The lowest BCUT2D eigenvalue weighted by Gasteiger charge is -2.12. The second-order valence-electron chi connectivity index (χ2n) is 4.39. The summed E-state index contributed by atoms with van der Waals surface area (Å²) in [5.74, 6) is 1.80. The molecule has 1 heterocycles. The van der Waals surface area contributed by atoms with Gasteiger partial charge in [0.15, 0.2) is 0 Å². The molecule has 2 rings (SSSR count). The Hall–Kier alpha value is -1.55. The molecule has 1 N–H and O–H groups in total. The normalized spacial score (nSPS) is 10.5. The number of aromatic nitrogens is 2. The number of nitrogens with zero attached hydrogens (tertiary/aromatic N) is 2. The van der Waals surface area contributed by atoms with Crippen LogP contribution in [0.25, 0.3) is 0 Å². The lowest BCUT2D eigenvalue weighted by molar-refractivity contribution is 0.874. The smallest absolute Gasteiger partial charge is 0.133 e. The van der Waals surface area contributed by atoms with Crippen LogP contribution in [-0.4, -0.2) is 17.0 Å². The third kappa shape index (κ3) is 3.07. The Kier molecular flexibility index (Phi) is 4.43. The van der Waals surface area contributed by atoms with Crippen LogP contribution < -0.4 is 5.32 Å². The molecule has 0 aliphatic carbocycles. The Morgan fingerprint density at radius 3 is 2.53 bits per heavy atom. The van der Waals surface area contributed by atoms with Gasteiger partial charge in [0.05, 0.1) is 0 Å². The van der Waals surface area contributed by atoms with Gasteiger partial charge in [0.2, 0.25) is 0 Å². The van der Waals surface area contributed by atoms with E-state index in [0.717, 1.165) is 28.7 Å². The number of hydrogen-bond acceptors (Lipinski definition) is 4. The summed E-state index contributed by atoms with van der Waals surface area (Å²) in [6.07, 6.45) is 0.844. The molecule has 4 heteroatoms. The lowest BCUT2D eigenvalue weighted by Crippen LogP contribution is -2.04. The van der Waals surface area contributed by atoms with Crippen LogP contribution in [0.5, 0.6) is 0 Å². The van der Waals surface area contributed by atoms with E-state index in [9.17, 15) is 0 Å². The molecule has 2 aromatic rings. The summed E-state index contributed by atoms with van der Waals surface area (Å²) in [5.41, 5.74) is 2.38. The zero-order valence-electron chi connectivity index (χ0n) is 11.8. The van der Waals surface area contributed by atoms with Crippen molar-refractivity contribution in [1.82, 2.24) is 9.97 Å². The van der Waals surface area contributed by atoms with Crippen LogP contribution in [0.4, 0.5) is 5.82 Å². The van der Waals surface area contributed by atoms with Crippen LogP contribution in [0.15, 0.2) is 34.2 Å². The van der Waals surface area contributed by atoms with Crippen molar-refractivity contribution >= 4 is 17.6 Å². The highest BCUT2D eigenvalue weighted by Gasteiger charge is 2.11. The Bertz CT molecular complexity index is 582. The number of hydrogen-bond donors (Lipinski definition) is 1. The van der Waals surface area contributed by atoms with E-state index in [0.29, 0.717) is 0 Å². The van der Waals surface area contributed by atoms with Gasteiger partial charge < -0.3 is 5.32 Å². The van der Waals surface area contributed by atoms with Crippen LogP contribution in [0.1, 0.15) is 23.9 Å². The molecule has 3 nitrogen and oxygen atoms in total. The SMILES string of the molecule is CCc1nc(NC)c(C)c(Sc2ccccc2C)n1. The molecule has 0 aliphatic heterocycles. The fourth-order valence-corrected chi connectivity index (χ4v) is 2.80. The molecule has 0 amide bonds. The molecule has 0 bridgehead atoms. The number of rotatable bonds is 4. The topological polar surface area (TPSA) is 37.8 Å². The fraction of sp³-hybridized carbons (Fsp3) is 0.333. The number of benzene rings is 1. The van der Waals surface area contributed by atoms with Crippen molar-refractivity contribution in [3.63, 3.8) is 0 Å². The zero-order chi connectivity index (χ0) is 13.8. The lowest BCUT2D eigenvalue weighted by atomic mass is 10.2. The van der Waals surface area contributed by atoms with Gasteiger partial charge in [-0.25, -0.2) is 9.97 Å². The summed E-state index contributed by atoms with van der Waals surface area (Å²) in [7, 11) is 1.90. The Morgan fingerprint density at radius 2 is 1.89 bits per heavy atom. The molecule has 0 fully saturated rings. The van der Waals surface area contributed by atoms with Crippen LogP contribution in [0.3, 0.4) is 0 Å². The Morgan fingerprint density at radius 1 is 1.16 bits per heavy atom. The van der Waals surface area contributed by atoms with E-state index >= 15 is 0 Å². The van der Waals surface area contributed by atoms with Crippen molar-refractivity contribution in [3.8, 4) is 0 Å². The predicted molar refractivity (Wildman–Crippen MR) is 81.0 cm³/mol. The van der Waals surface area contributed by atoms with E-state index < -0.39 is 0 Å². The summed E-state index contributed by atoms with van der Waals surface area (Å²) in [4.78, 5) is 10.4. The van der Waals surface area contributed by atoms with Crippen LogP contribution in [-0.2, 0) is 6.42 Å². The van der Waals surface area contributed by atoms with Gasteiger partial charge in [-0.05, 0) is 25.5 Å². The zero-order valence-corrected chi connectivity index (χ0v) is 12.6. The van der Waals surface area contributed by atoms with Gasteiger partial charge in [-0.3, -0.25) is 0 Å². The maximum Gasteiger partial charge on any atom is 0.133 e. The summed E-state index contributed by atoms with van der Waals surface area (Å²) in [6.45, 7) is 6.26. The maximum atomic E-state index is 4.65. The molecule has 0 aliphatic rings. The fourth-order valence-electron chi connectivity index (χ4n) is 1.82.